The first kappa shape index (κ1) is 14.8. The second-order valence-electron chi connectivity index (χ2n) is 4.52. The topological polar surface area (TPSA) is 47.0 Å². The highest BCUT2D eigenvalue weighted by molar-refractivity contribution is 9.10. The quantitative estimate of drug-likeness (QED) is 0.883. The van der Waals surface area contributed by atoms with Crippen molar-refractivity contribution in [2.24, 2.45) is 0 Å². The first-order valence-electron chi connectivity index (χ1n) is 6.61. The van der Waals surface area contributed by atoms with Gasteiger partial charge in [0.2, 0.25) is 5.88 Å². The van der Waals surface area contributed by atoms with Crippen molar-refractivity contribution in [3.05, 3.63) is 40.1 Å². The van der Waals surface area contributed by atoms with Gasteiger partial charge in [-0.1, -0.05) is 29.3 Å². The third kappa shape index (κ3) is 3.28. The second kappa shape index (κ2) is 6.70. The van der Waals surface area contributed by atoms with Crippen molar-refractivity contribution in [3.63, 3.8) is 0 Å². The number of aromatic nitrogens is 2. The molecule has 0 amide bonds. The molecule has 20 heavy (non-hydrogen) atoms. The highest BCUT2D eigenvalue weighted by atomic mass is 79.9. The number of ether oxygens (including phenoxy) is 1. The van der Waals surface area contributed by atoms with Crippen molar-refractivity contribution in [1.29, 1.82) is 0 Å². The highest BCUT2D eigenvalue weighted by Gasteiger charge is 2.12. The molecule has 0 aliphatic rings. The third-order valence-electron chi connectivity index (χ3n) is 2.99. The lowest BCUT2D eigenvalue weighted by molar-refractivity contribution is 0.454. The first-order chi connectivity index (χ1) is 9.65. The van der Waals surface area contributed by atoms with Crippen LogP contribution in [-0.4, -0.2) is 17.0 Å². The van der Waals surface area contributed by atoms with Gasteiger partial charge in [0.25, 0.3) is 0 Å². The zero-order valence-corrected chi connectivity index (χ0v) is 13.5. The average Bonchev–Trinajstić information content (AvgIpc) is 2.45. The minimum absolute atomic E-state index is 0.618. The van der Waals surface area contributed by atoms with Crippen LogP contribution in [0.25, 0.3) is 0 Å². The van der Waals surface area contributed by atoms with E-state index in [9.17, 15) is 0 Å². The predicted molar refractivity (Wildman–Crippen MR) is 84.5 cm³/mol. The van der Waals surface area contributed by atoms with Gasteiger partial charge in [0.15, 0.2) is 0 Å². The summed E-state index contributed by atoms with van der Waals surface area (Å²) in [6, 6.07) is 5.89. The van der Waals surface area contributed by atoms with Crippen molar-refractivity contribution in [2.45, 2.75) is 26.7 Å². The molecule has 0 fully saturated rings. The van der Waals surface area contributed by atoms with E-state index in [4.69, 9.17) is 4.74 Å². The number of nitrogens with zero attached hydrogens (tertiary/aromatic N) is 2. The van der Waals surface area contributed by atoms with E-state index in [1.807, 2.05) is 32.2 Å². The summed E-state index contributed by atoms with van der Waals surface area (Å²) >= 11 is 3.49. The maximum atomic E-state index is 5.93. The Balaban J connectivity index is 2.34. The van der Waals surface area contributed by atoms with E-state index in [2.05, 4.69) is 38.1 Å². The van der Waals surface area contributed by atoms with Crippen LogP contribution in [0.4, 0.5) is 5.82 Å². The molecular weight excluding hydrogens is 318 g/mol. The number of benzene rings is 1. The van der Waals surface area contributed by atoms with E-state index in [0.29, 0.717) is 5.88 Å². The maximum Gasteiger partial charge on any atom is 0.227 e. The minimum Gasteiger partial charge on any atom is -0.439 e. The zero-order chi connectivity index (χ0) is 14.5. The molecule has 0 spiro atoms. The molecule has 4 nitrogen and oxygen atoms in total. The molecule has 0 aliphatic carbocycles. The summed E-state index contributed by atoms with van der Waals surface area (Å²) < 4.78 is 7.00. The number of halogens is 1. The molecule has 5 heteroatoms. The highest BCUT2D eigenvalue weighted by Crippen LogP contribution is 2.29. The van der Waals surface area contributed by atoms with Crippen LogP contribution < -0.4 is 10.1 Å². The standard InChI is InChI=1S/C15H18BrN3O/c1-4-5-12-14(17-3)18-9-19-15(12)20-11-6-7-13(16)10(2)8-11/h6-9H,4-5H2,1-3H3,(H,17,18,19). The summed E-state index contributed by atoms with van der Waals surface area (Å²) in [5.41, 5.74) is 2.14. The Bertz CT molecular complexity index is 602. The fourth-order valence-electron chi connectivity index (χ4n) is 1.97. The van der Waals surface area contributed by atoms with Crippen molar-refractivity contribution >= 4 is 21.7 Å². The molecule has 1 aromatic carbocycles. The maximum absolute atomic E-state index is 5.93. The number of hydrogen-bond donors (Lipinski definition) is 1. The number of nitrogens with one attached hydrogen (secondary N) is 1. The van der Waals surface area contributed by atoms with Crippen LogP contribution in [0.1, 0.15) is 24.5 Å². The van der Waals surface area contributed by atoms with Gasteiger partial charge >= 0.3 is 0 Å². The zero-order valence-electron chi connectivity index (χ0n) is 11.9. The SMILES string of the molecule is CCCc1c(NC)ncnc1Oc1ccc(Br)c(C)c1. The van der Waals surface area contributed by atoms with Gasteiger partial charge in [0.05, 0.1) is 5.56 Å². The van der Waals surface area contributed by atoms with Gasteiger partial charge in [-0.3, -0.25) is 0 Å². The second-order valence-corrected chi connectivity index (χ2v) is 5.37. The van der Waals surface area contributed by atoms with Gasteiger partial charge in [0.1, 0.15) is 17.9 Å². The monoisotopic (exact) mass is 335 g/mol. The van der Waals surface area contributed by atoms with Crippen LogP contribution in [0, 0.1) is 6.92 Å². The molecule has 0 radical (unpaired) electrons. The molecule has 0 aliphatic heterocycles. The van der Waals surface area contributed by atoms with Crippen LogP contribution in [0.3, 0.4) is 0 Å². The molecule has 1 aromatic heterocycles. The van der Waals surface area contributed by atoms with E-state index in [1.165, 1.54) is 6.33 Å². The van der Waals surface area contributed by atoms with E-state index >= 15 is 0 Å². The van der Waals surface area contributed by atoms with Crippen LogP contribution in [-0.2, 0) is 6.42 Å². The average molecular weight is 336 g/mol. The van der Waals surface area contributed by atoms with Crippen molar-refractivity contribution < 1.29 is 4.74 Å². The Hall–Kier alpha value is -1.62. The van der Waals surface area contributed by atoms with E-state index in [-0.39, 0.29) is 0 Å². The molecule has 1 heterocycles. The van der Waals surface area contributed by atoms with Crippen LogP contribution in [0.5, 0.6) is 11.6 Å². The van der Waals surface area contributed by atoms with Crippen LogP contribution >= 0.6 is 15.9 Å². The Morgan fingerprint density at radius 2 is 2.10 bits per heavy atom. The van der Waals surface area contributed by atoms with Gasteiger partial charge in [-0.15, -0.1) is 0 Å². The Morgan fingerprint density at radius 3 is 2.75 bits per heavy atom. The lowest BCUT2D eigenvalue weighted by atomic mass is 10.1. The molecule has 106 valence electrons. The van der Waals surface area contributed by atoms with E-state index < -0.39 is 0 Å². The summed E-state index contributed by atoms with van der Waals surface area (Å²) in [7, 11) is 1.86. The molecule has 2 aromatic rings. The molecule has 0 saturated heterocycles. The third-order valence-corrected chi connectivity index (χ3v) is 3.88. The molecule has 1 N–H and O–H groups in total. The van der Waals surface area contributed by atoms with Gasteiger partial charge in [-0.25, -0.2) is 9.97 Å². The first-order valence-corrected chi connectivity index (χ1v) is 7.40. The lowest BCUT2D eigenvalue weighted by Gasteiger charge is -2.13. The van der Waals surface area contributed by atoms with Crippen molar-refractivity contribution in [1.82, 2.24) is 9.97 Å². The summed E-state index contributed by atoms with van der Waals surface area (Å²) in [6.07, 6.45) is 3.41. The largest absolute Gasteiger partial charge is 0.439 e. The molecule has 0 unspecified atom stereocenters. The van der Waals surface area contributed by atoms with Gasteiger partial charge in [-0.2, -0.15) is 0 Å². The van der Waals surface area contributed by atoms with Crippen LogP contribution in [0.15, 0.2) is 29.0 Å². The summed E-state index contributed by atoms with van der Waals surface area (Å²) in [4.78, 5) is 8.51. The Morgan fingerprint density at radius 1 is 1.30 bits per heavy atom. The Labute approximate surface area is 127 Å². The summed E-state index contributed by atoms with van der Waals surface area (Å²) in [6.45, 7) is 4.16. The van der Waals surface area contributed by atoms with Crippen molar-refractivity contribution in [3.8, 4) is 11.6 Å². The fraction of sp³-hybridized carbons (Fsp3) is 0.333. The number of rotatable bonds is 5. The lowest BCUT2D eigenvalue weighted by Crippen LogP contribution is -2.03. The molecular formula is C15H18BrN3O. The fourth-order valence-corrected chi connectivity index (χ4v) is 2.21. The van der Waals surface area contributed by atoms with Crippen molar-refractivity contribution in [2.75, 3.05) is 12.4 Å². The predicted octanol–water partition coefficient (Wildman–Crippen LogP) is 4.33. The molecule has 0 bridgehead atoms. The van der Waals surface area contributed by atoms with Gasteiger partial charge in [-0.05, 0) is 37.1 Å². The summed E-state index contributed by atoms with van der Waals surface area (Å²) in [5.74, 6) is 2.22. The number of hydrogen-bond acceptors (Lipinski definition) is 4. The summed E-state index contributed by atoms with van der Waals surface area (Å²) in [5, 5.41) is 3.09. The van der Waals surface area contributed by atoms with Gasteiger partial charge in [0, 0.05) is 11.5 Å². The molecule has 0 saturated carbocycles. The normalized spacial score (nSPS) is 10.4. The van der Waals surface area contributed by atoms with E-state index in [0.717, 1.165) is 40.0 Å². The Kier molecular flexibility index (Phi) is 4.95. The van der Waals surface area contributed by atoms with E-state index in [1.54, 1.807) is 0 Å². The van der Waals surface area contributed by atoms with Crippen LogP contribution in [0.2, 0.25) is 0 Å². The number of anilines is 1. The molecule has 0 atom stereocenters. The minimum atomic E-state index is 0.618. The molecule has 2 rings (SSSR count). The number of aryl methyl sites for hydroxylation is 1. The smallest absolute Gasteiger partial charge is 0.227 e. The van der Waals surface area contributed by atoms with Gasteiger partial charge < -0.3 is 10.1 Å².